The summed E-state index contributed by atoms with van der Waals surface area (Å²) < 4.78 is 0. The van der Waals surface area contributed by atoms with Crippen molar-refractivity contribution in [3.8, 4) is 0 Å². The molecule has 0 amide bonds. The lowest BCUT2D eigenvalue weighted by atomic mass is 10.0. The van der Waals surface area contributed by atoms with Gasteiger partial charge in [-0.3, -0.25) is 0 Å². The van der Waals surface area contributed by atoms with Gasteiger partial charge in [0.2, 0.25) is 0 Å². The highest BCUT2D eigenvalue weighted by atomic mass is 14.2. The van der Waals surface area contributed by atoms with Crippen molar-refractivity contribution in [2.45, 2.75) is 20.8 Å². The topological polar surface area (TPSA) is 0 Å². The van der Waals surface area contributed by atoms with Gasteiger partial charge in [0.25, 0.3) is 0 Å². The van der Waals surface area contributed by atoms with Crippen LogP contribution in [0.15, 0.2) is 30.4 Å². The van der Waals surface area contributed by atoms with E-state index in [1.165, 1.54) is 28.2 Å². The minimum atomic E-state index is 1.34. The maximum absolute atomic E-state index is 2.25. The third kappa shape index (κ3) is 1.33. The number of rotatable bonds is 0. The van der Waals surface area contributed by atoms with E-state index in [-0.39, 0.29) is 0 Å². The maximum atomic E-state index is 2.25. The van der Waals surface area contributed by atoms with Crippen LogP contribution in [-0.4, -0.2) is 0 Å². The van der Waals surface area contributed by atoms with Crippen LogP contribution in [0.1, 0.15) is 31.9 Å². The summed E-state index contributed by atoms with van der Waals surface area (Å²) in [5.41, 5.74) is 5.49. The molecule has 1 aliphatic carbocycles. The first kappa shape index (κ1) is 8.31. The molecule has 68 valence electrons. The molecule has 0 unspecified atom stereocenters. The van der Waals surface area contributed by atoms with Crippen LogP contribution in [0.2, 0.25) is 0 Å². The van der Waals surface area contributed by atoms with Gasteiger partial charge in [-0.15, -0.1) is 0 Å². The normalized spacial score (nSPS) is 16.1. The largest absolute Gasteiger partial charge is 0.235 e. The van der Waals surface area contributed by atoms with Crippen LogP contribution >= 0.6 is 0 Å². The molecular weight excluding hydrogens is 156 g/mol. The monoisotopic (exact) mass is 170 g/mol. The molecule has 13 heavy (non-hydrogen) atoms. The van der Waals surface area contributed by atoms with E-state index in [4.69, 9.17) is 0 Å². The van der Waals surface area contributed by atoms with Gasteiger partial charge >= 0.3 is 0 Å². The molecule has 0 spiro atoms. The standard InChI is InChI=1S/C13H14/c1-9-7-10(2)12-5-4-6-13(12)11(3)8-9/h4-8H,1-3H3/q-2. The van der Waals surface area contributed by atoms with Crippen molar-refractivity contribution in [2.75, 3.05) is 0 Å². The SMILES string of the molecule is CC1=C[C-](C)C=C(C)c2c[cH-]cc21. The van der Waals surface area contributed by atoms with Crippen LogP contribution in [0.25, 0.3) is 11.1 Å². The molecule has 1 aromatic carbocycles. The van der Waals surface area contributed by atoms with Crippen molar-refractivity contribution in [1.29, 1.82) is 0 Å². The average molecular weight is 170 g/mol. The first-order valence-corrected chi connectivity index (χ1v) is 4.65. The predicted molar refractivity (Wildman–Crippen MR) is 58.3 cm³/mol. The first-order valence-electron chi connectivity index (χ1n) is 4.65. The first-order chi connectivity index (χ1) is 6.18. The van der Waals surface area contributed by atoms with E-state index in [9.17, 15) is 0 Å². The molecule has 0 heteroatoms. The number of allylic oxidation sites excluding steroid dienone is 4. The Bertz CT molecular complexity index is 340. The summed E-state index contributed by atoms with van der Waals surface area (Å²) in [5, 5.41) is 0. The molecular formula is C13H14-2. The lowest BCUT2D eigenvalue weighted by Crippen LogP contribution is -1.80. The van der Waals surface area contributed by atoms with Crippen LogP contribution in [0, 0.1) is 5.92 Å². The Morgan fingerprint density at radius 1 is 1.00 bits per heavy atom. The molecule has 2 rings (SSSR count). The zero-order chi connectivity index (χ0) is 9.42. The lowest BCUT2D eigenvalue weighted by molar-refractivity contribution is 1.33. The molecule has 1 aromatic rings. The van der Waals surface area contributed by atoms with Gasteiger partial charge in [-0.05, 0) is 0 Å². The highest BCUT2D eigenvalue weighted by Crippen LogP contribution is 2.32. The molecule has 0 aliphatic heterocycles. The molecule has 0 aromatic heterocycles. The highest BCUT2D eigenvalue weighted by molar-refractivity contribution is 5.83. The van der Waals surface area contributed by atoms with Crippen molar-refractivity contribution in [3.63, 3.8) is 0 Å². The summed E-state index contributed by atoms with van der Waals surface area (Å²) in [4.78, 5) is 0. The van der Waals surface area contributed by atoms with Crippen LogP contribution in [0.3, 0.4) is 0 Å². The Hall–Kier alpha value is -1.30. The van der Waals surface area contributed by atoms with Gasteiger partial charge in [0.1, 0.15) is 0 Å². The summed E-state index contributed by atoms with van der Waals surface area (Å²) >= 11 is 0. The zero-order valence-corrected chi connectivity index (χ0v) is 8.39. The van der Waals surface area contributed by atoms with E-state index >= 15 is 0 Å². The average Bonchev–Trinajstić information content (AvgIpc) is 2.47. The molecule has 0 heterocycles. The smallest absolute Gasteiger partial charge is 0.0860 e. The second-order valence-electron chi connectivity index (χ2n) is 3.75. The van der Waals surface area contributed by atoms with Gasteiger partial charge in [0.15, 0.2) is 0 Å². The van der Waals surface area contributed by atoms with Crippen LogP contribution in [-0.2, 0) is 0 Å². The lowest BCUT2D eigenvalue weighted by Gasteiger charge is -2.18. The van der Waals surface area contributed by atoms with Crippen LogP contribution in [0.5, 0.6) is 0 Å². The Labute approximate surface area is 80.0 Å². The molecule has 1 aliphatic rings. The summed E-state index contributed by atoms with van der Waals surface area (Å²) in [6.45, 7) is 6.50. The van der Waals surface area contributed by atoms with E-state index in [0.29, 0.717) is 0 Å². The van der Waals surface area contributed by atoms with Gasteiger partial charge in [-0.2, -0.15) is 36.3 Å². The van der Waals surface area contributed by atoms with Crippen LogP contribution < -0.4 is 0 Å². The molecule has 0 N–H and O–H groups in total. The Morgan fingerprint density at radius 3 is 1.92 bits per heavy atom. The van der Waals surface area contributed by atoms with Gasteiger partial charge in [0.05, 0.1) is 0 Å². The van der Waals surface area contributed by atoms with Crippen molar-refractivity contribution in [3.05, 3.63) is 47.4 Å². The van der Waals surface area contributed by atoms with Crippen molar-refractivity contribution < 1.29 is 0 Å². The van der Waals surface area contributed by atoms with E-state index in [1.807, 2.05) is 0 Å². The molecule has 0 radical (unpaired) electrons. The molecule has 0 fully saturated rings. The van der Waals surface area contributed by atoms with Crippen LogP contribution in [0.4, 0.5) is 0 Å². The Morgan fingerprint density at radius 2 is 1.46 bits per heavy atom. The summed E-state index contributed by atoms with van der Waals surface area (Å²) in [6, 6.07) is 6.51. The van der Waals surface area contributed by atoms with Crippen molar-refractivity contribution in [2.24, 2.45) is 0 Å². The minimum Gasteiger partial charge on any atom is -0.235 e. The summed E-state index contributed by atoms with van der Waals surface area (Å²) in [5.74, 6) is 1.34. The molecule has 0 saturated heterocycles. The maximum Gasteiger partial charge on any atom is -0.0860 e. The molecule has 0 saturated carbocycles. The van der Waals surface area contributed by atoms with Crippen molar-refractivity contribution in [1.82, 2.24) is 0 Å². The molecule has 0 bridgehead atoms. The minimum absolute atomic E-state index is 1.34. The van der Waals surface area contributed by atoms with Gasteiger partial charge in [-0.1, -0.05) is 20.8 Å². The van der Waals surface area contributed by atoms with E-state index in [0.717, 1.165) is 0 Å². The van der Waals surface area contributed by atoms with Gasteiger partial charge < -0.3 is 0 Å². The fourth-order valence-electron chi connectivity index (χ4n) is 1.99. The third-order valence-electron chi connectivity index (χ3n) is 2.55. The second-order valence-corrected chi connectivity index (χ2v) is 3.75. The van der Waals surface area contributed by atoms with E-state index in [1.54, 1.807) is 0 Å². The quantitative estimate of drug-likeness (QED) is 0.519. The van der Waals surface area contributed by atoms with Gasteiger partial charge in [-0.25, -0.2) is 22.3 Å². The van der Waals surface area contributed by atoms with E-state index < -0.39 is 0 Å². The predicted octanol–water partition coefficient (Wildman–Crippen LogP) is 3.82. The van der Waals surface area contributed by atoms with Crippen molar-refractivity contribution >= 4 is 11.1 Å². The number of fused-ring (bicyclic) bond motifs is 1. The van der Waals surface area contributed by atoms with E-state index in [2.05, 4.69) is 51.1 Å². The fraction of sp³-hybridized carbons (Fsp3) is 0.231. The second kappa shape index (κ2) is 2.88. The highest BCUT2D eigenvalue weighted by Gasteiger charge is 1.95. The Balaban J connectivity index is 2.61. The number of hydrogen-bond acceptors (Lipinski definition) is 0. The summed E-state index contributed by atoms with van der Waals surface area (Å²) in [7, 11) is 0. The zero-order valence-electron chi connectivity index (χ0n) is 8.39. The Kier molecular flexibility index (Phi) is 1.84. The third-order valence-corrected chi connectivity index (χ3v) is 2.55. The molecule has 0 atom stereocenters. The van der Waals surface area contributed by atoms with Gasteiger partial charge in [0, 0.05) is 0 Å². The summed E-state index contributed by atoms with van der Waals surface area (Å²) in [6.07, 6.45) is 4.49. The fourth-order valence-corrected chi connectivity index (χ4v) is 1.99. The molecule has 0 nitrogen and oxygen atoms in total. The number of hydrogen-bond donors (Lipinski definition) is 0.